The lowest BCUT2D eigenvalue weighted by atomic mass is 9.87. The average Bonchev–Trinajstić information content (AvgIpc) is 3.51. The zero-order chi connectivity index (χ0) is 20.3. The molecule has 6 heteroatoms. The highest BCUT2D eigenvalue weighted by Gasteiger charge is 2.29. The van der Waals surface area contributed by atoms with E-state index in [0.717, 1.165) is 18.4 Å². The Morgan fingerprint density at radius 3 is 1.68 bits per heavy atom. The number of anilines is 1. The van der Waals surface area contributed by atoms with E-state index in [2.05, 4.69) is 36.9 Å². The van der Waals surface area contributed by atoms with E-state index >= 15 is 0 Å². The fraction of sp³-hybridized carbons (Fsp3) is 0.318. The molecule has 0 unspecified atom stereocenters. The number of benzene rings is 2. The Hall–Kier alpha value is -3.15. The SMILES string of the molecule is CC(C)(C)c1ccc(C(=O)NNC(=O)c2ccc(NC(=O)C3CC3)cc2)cc1. The number of hydrazine groups is 1. The molecule has 0 saturated heterocycles. The maximum Gasteiger partial charge on any atom is 0.269 e. The minimum Gasteiger partial charge on any atom is -0.326 e. The largest absolute Gasteiger partial charge is 0.326 e. The molecule has 0 radical (unpaired) electrons. The minimum absolute atomic E-state index is 0.00745. The molecule has 0 spiro atoms. The molecule has 1 aliphatic rings. The second-order valence-electron chi connectivity index (χ2n) is 8.08. The molecule has 1 fully saturated rings. The number of carbonyl (C=O) groups is 3. The van der Waals surface area contributed by atoms with E-state index in [1.54, 1.807) is 36.4 Å². The van der Waals surface area contributed by atoms with Gasteiger partial charge in [0.2, 0.25) is 5.91 Å². The fourth-order valence-electron chi connectivity index (χ4n) is 2.67. The Labute approximate surface area is 164 Å². The standard InChI is InChI=1S/C22H25N3O3/c1-22(2,3)17-10-6-15(7-11-17)20(27)24-25-21(28)16-8-12-18(13-9-16)23-19(26)14-4-5-14/h6-14H,4-5H2,1-3H3,(H,23,26)(H,24,27)(H,25,28). The highest BCUT2D eigenvalue weighted by molar-refractivity contribution is 5.99. The number of carbonyl (C=O) groups excluding carboxylic acids is 3. The molecule has 6 nitrogen and oxygen atoms in total. The smallest absolute Gasteiger partial charge is 0.269 e. The van der Waals surface area contributed by atoms with E-state index in [-0.39, 0.29) is 23.1 Å². The summed E-state index contributed by atoms with van der Waals surface area (Å²) in [5.74, 6) is -0.681. The summed E-state index contributed by atoms with van der Waals surface area (Å²) in [7, 11) is 0. The summed E-state index contributed by atoms with van der Waals surface area (Å²) in [6.07, 6.45) is 1.87. The predicted octanol–water partition coefficient (Wildman–Crippen LogP) is 3.41. The van der Waals surface area contributed by atoms with Crippen molar-refractivity contribution in [2.24, 2.45) is 5.92 Å². The van der Waals surface area contributed by atoms with Crippen molar-refractivity contribution in [2.75, 3.05) is 5.32 Å². The number of rotatable bonds is 4. The monoisotopic (exact) mass is 379 g/mol. The summed E-state index contributed by atoms with van der Waals surface area (Å²) in [6.45, 7) is 6.31. The predicted molar refractivity (Wildman–Crippen MR) is 108 cm³/mol. The third-order valence-electron chi connectivity index (χ3n) is 4.67. The number of hydrogen-bond donors (Lipinski definition) is 3. The Morgan fingerprint density at radius 2 is 1.25 bits per heavy atom. The van der Waals surface area contributed by atoms with Crippen LogP contribution in [0.5, 0.6) is 0 Å². The summed E-state index contributed by atoms with van der Waals surface area (Å²) in [5, 5.41) is 2.82. The van der Waals surface area contributed by atoms with Gasteiger partial charge < -0.3 is 5.32 Å². The second-order valence-corrected chi connectivity index (χ2v) is 8.08. The van der Waals surface area contributed by atoms with Crippen molar-refractivity contribution in [3.8, 4) is 0 Å². The molecule has 28 heavy (non-hydrogen) atoms. The van der Waals surface area contributed by atoms with E-state index in [1.807, 2.05) is 12.1 Å². The highest BCUT2D eigenvalue weighted by Crippen LogP contribution is 2.30. The van der Waals surface area contributed by atoms with Gasteiger partial charge >= 0.3 is 0 Å². The lowest BCUT2D eigenvalue weighted by Gasteiger charge is -2.19. The Kier molecular flexibility index (Phi) is 5.49. The summed E-state index contributed by atoms with van der Waals surface area (Å²) < 4.78 is 0. The van der Waals surface area contributed by atoms with Crippen molar-refractivity contribution in [3.05, 3.63) is 65.2 Å². The first-order valence-electron chi connectivity index (χ1n) is 9.36. The summed E-state index contributed by atoms with van der Waals surface area (Å²) in [4.78, 5) is 36.2. The van der Waals surface area contributed by atoms with Gasteiger partial charge in [0, 0.05) is 22.7 Å². The summed E-state index contributed by atoms with van der Waals surface area (Å²) in [5.41, 5.74) is 7.45. The summed E-state index contributed by atoms with van der Waals surface area (Å²) >= 11 is 0. The maximum absolute atomic E-state index is 12.2. The van der Waals surface area contributed by atoms with Crippen LogP contribution in [0.2, 0.25) is 0 Å². The zero-order valence-electron chi connectivity index (χ0n) is 16.3. The van der Waals surface area contributed by atoms with E-state index in [1.165, 1.54) is 0 Å². The van der Waals surface area contributed by atoms with Crippen LogP contribution in [-0.4, -0.2) is 17.7 Å². The van der Waals surface area contributed by atoms with Crippen LogP contribution in [0.25, 0.3) is 0 Å². The molecule has 1 saturated carbocycles. The quantitative estimate of drug-likeness (QED) is 0.712. The number of hydrogen-bond acceptors (Lipinski definition) is 3. The average molecular weight is 379 g/mol. The fourth-order valence-corrected chi connectivity index (χ4v) is 2.67. The van der Waals surface area contributed by atoms with Crippen LogP contribution in [0, 0.1) is 5.92 Å². The molecular weight excluding hydrogens is 354 g/mol. The molecule has 0 bridgehead atoms. The molecule has 2 aromatic rings. The molecule has 3 amide bonds. The van der Waals surface area contributed by atoms with Crippen LogP contribution in [0.15, 0.2) is 48.5 Å². The first kappa shape index (κ1) is 19.6. The van der Waals surface area contributed by atoms with Crippen LogP contribution >= 0.6 is 0 Å². The number of nitrogens with one attached hydrogen (secondary N) is 3. The molecule has 3 rings (SSSR count). The minimum atomic E-state index is -0.431. The molecule has 146 valence electrons. The van der Waals surface area contributed by atoms with Gasteiger partial charge in [-0.05, 0) is 60.2 Å². The van der Waals surface area contributed by atoms with Crippen molar-refractivity contribution in [1.82, 2.24) is 10.9 Å². The van der Waals surface area contributed by atoms with Gasteiger partial charge in [0.15, 0.2) is 0 Å². The van der Waals surface area contributed by atoms with Gasteiger partial charge in [0.1, 0.15) is 0 Å². The molecular formula is C22H25N3O3. The molecule has 2 aromatic carbocycles. The van der Waals surface area contributed by atoms with Gasteiger partial charge in [-0.2, -0.15) is 0 Å². The maximum atomic E-state index is 12.2. The van der Waals surface area contributed by atoms with Crippen molar-refractivity contribution >= 4 is 23.4 Å². The van der Waals surface area contributed by atoms with Gasteiger partial charge in [0.25, 0.3) is 11.8 Å². The van der Waals surface area contributed by atoms with Crippen LogP contribution in [0.3, 0.4) is 0 Å². The van der Waals surface area contributed by atoms with Crippen molar-refractivity contribution in [2.45, 2.75) is 39.0 Å². The van der Waals surface area contributed by atoms with Crippen molar-refractivity contribution in [3.63, 3.8) is 0 Å². The Bertz CT molecular complexity index is 877. The van der Waals surface area contributed by atoms with Gasteiger partial charge in [0.05, 0.1) is 0 Å². The third kappa shape index (κ3) is 4.97. The Morgan fingerprint density at radius 1 is 0.786 bits per heavy atom. The van der Waals surface area contributed by atoms with Gasteiger partial charge in [-0.15, -0.1) is 0 Å². The molecule has 3 N–H and O–H groups in total. The lowest BCUT2D eigenvalue weighted by molar-refractivity contribution is -0.117. The van der Waals surface area contributed by atoms with Gasteiger partial charge in [-0.3, -0.25) is 25.2 Å². The first-order valence-corrected chi connectivity index (χ1v) is 9.36. The van der Waals surface area contributed by atoms with Gasteiger partial charge in [-0.1, -0.05) is 32.9 Å². The normalized spacial score (nSPS) is 13.5. The second kappa shape index (κ2) is 7.84. The van der Waals surface area contributed by atoms with Crippen LogP contribution < -0.4 is 16.2 Å². The van der Waals surface area contributed by atoms with E-state index in [0.29, 0.717) is 16.8 Å². The summed E-state index contributed by atoms with van der Waals surface area (Å²) in [6, 6.07) is 13.8. The van der Waals surface area contributed by atoms with Gasteiger partial charge in [-0.25, -0.2) is 0 Å². The van der Waals surface area contributed by atoms with E-state index in [9.17, 15) is 14.4 Å². The third-order valence-corrected chi connectivity index (χ3v) is 4.67. The van der Waals surface area contributed by atoms with E-state index in [4.69, 9.17) is 0 Å². The highest BCUT2D eigenvalue weighted by atomic mass is 16.2. The van der Waals surface area contributed by atoms with Crippen LogP contribution in [0.4, 0.5) is 5.69 Å². The van der Waals surface area contributed by atoms with Crippen LogP contribution in [0.1, 0.15) is 59.9 Å². The van der Waals surface area contributed by atoms with Crippen molar-refractivity contribution < 1.29 is 14.4 Å². The molecule has 0 aromatic heterocycles. The molecule has 1 aliphatic carbocycles. The lowest BCUT2D eigenvalue weighted by Crippen LogP contribution is -2.41. The van der Waals surface area contributed by atoms with Crippen LogP contribution in [-0.2, 0) is 10.2 Å². The zero-order valence-corrected chi connectivity index (χ0v) is 16.3. The Balaban J connectivity index is 1.53. The first-order chi connectivity index (χ1) is 13.2. The van der Waals surface area contributed by atoms with Crippen molar-refractivity contribution in [1.29, 1.82) is 0 Å². The molecule has 0 atom stereocenters. The molecule has 0 aliphatic heterocycles. The topological polar surface area (TPSA) is 87.3 Å². The molecule has 0 heterocycles. The van der Waals surface area contributed by atoms with E-state index < -0.39 is 5.91 Å². The number of amides is 3.